The van der Waals surface area contributed by atoms with Crippen molar-refractivity contribution >= 4 is 15.9 Å². The number of hydrogen-bond donors (Lipinski definition) is 2. The number of sulfonamides is 1. The van der Waals surface area contributed by atoms with Crippen molar-refractivity contribution in [3.05, 3.63) is 60.2 Å². The summed E-state index contributed by atoms with van der Waals surface area (Å²) < 4.78 is 38.9. The second-order valence-corrected chi connectivity index (χ2v) is 10.1. The standard InChI is InChI=1S/C22H28N2O6S/c1-22(2)15-24(31(27,28)18-11-9-17(29-3)10-12-18)20(21(25)23-26)19(22)14-30-13-16-7-5-4-6-8-16/h4-12,19-20,26H,13-15H2,1-3H3,(H,23,25). The fraction of sp³-hybridized carbons (Fsp3) is 0.409. The van der Waals surface area contributed by atoms with Crippen LogP contribution in [0.5, 0.6) is 5.75 Å². The van der Waals surface area contributed by atoms with Gasteiger partial charge in [0.25, 0.3) is 5.91 Å². The van der Waals surface area contributed by atoms with Crippen LogP contribution in [0.2, 0.25) is 0 Å². The van der Waals surface area contributed by atoms with Crippen molar-refractivity contribution in [1.82, 2.24) is 9.79 Å². The van der Waals surface area contributed by atoms with Gasteiger partial charge in [-0.05, 0) is 35.2 Å². The lowest BCUT2D eigenvalue weighted by Crippen LogP contribution is -2.48. The van der Waals surface area contributed by atoms with Crippen LogP contribution in [0.4, 0.5) is 0 Å². The van der Waals surface area contributed by atoms with Crippen LogP contribution < -0.4 is 10.2 Å². The van der Waals surface area contributed by atoms with E-state index < -0.39 is 33.3 Å². The number of benzene rings is 2. The molecule has 2 atom stereocenters. The van der Waals surface area contributed by atoms with Gasteiger partial charge in [-0.25, -0.2) is 13.9 Å². The zero-order chi connectivity index (χ0) is 22.6. The summed E-state index contributed by atoms with van der Waals surface area (Å²) in [7, 11) is -2.50. The molecule has 1 amide bonds. The molecule has 1 aliphatic rings. The third-order valence-electron chi connectivity index (χ3n) is 5.71. The van der Waals surface area contributed by atoms with Crippen LogP contribution in [0, 0.1) is 11.3 Å². The van der Waals surface area contributed by atoms with Crippen molar-refractivity contribution in [2.45, 2.75) is 31.4 Å². The van der Waals surface area contributed by atoms with E-state index in [0.29, 0.717) is 12.4 Å². The van der Waals surface area contributed by atoms with Gasteiger partial charge >= 0.3 is 0 Å². The highest BCUT2D eigenvalue weighted by Crippen LogP contribution is 2.43. The van der Waals surface area contributed by atoms with Gasteiger partial charge in [0.05, 0.1) is 25.2 Å². The zero-order valence-corrected chi connectivity index (χ0v) is 18.6. The first kappa shape index (κ1) is 23.2. The fourth-order valence-corrected chi connectivity index (χ4v) is 5.73. The second-order valence-electron chi connectivity index (χ2n) is 8.24. The Morgan fingerprint density at radius 1 is 1.16 bits per heavy atom. The first-order chi connectivity index (χ1) is 14.7. The van der Waals surface area contributed by atoms with Crippen molar-refractivity contribution < 1.29 is 27.9 Å². The Labute approximate surface area is 182 Å². The lowest BCUT2D eigenvalue weighted by Gasteiger charge is -2.28. The molecule has 8 nitrogen and oxygen atoms in total. The van der Waals surface area contributed by atoms with Gasteiger partial charge < -0.3 is 9.47 Å². The molecule has 1 saturated heterocycles. The summed E-state index contributed by atoms with van der Waals surface area (Å²) in [5, 5.41) is 9.33. The van der Waals surface area contributed by atoms with Gasteiger partial charge in [0.15, 0.2) is 0 Å². The van der Waals surface area contributed by atoms with Crippen LogP contribution in [0.25, 0.3) is 0 Å². The van der Waals surface area contributed by atoms with Crippen molar-refractivity contribution in [3.63, 3.8) is 0 Å². The largest absolute Gasteiger partial charge is 0.497 e. The van der Waals surface area contributed by atoms with Gasteiger partial charge in [-0.3, -0.25) is 10.0 Å². The highest BCUT2D eigenvalue weighted by atomic mass is 32.2. The predicted octanol–water partition coefficient (Wildman–Crippen LogP) is 2.43. The Bertz CT molecular complexity index is 992. The Morgan fingerprint density at radius 3 is 2.39 bits per heavy atom. The lowest BCUT2D eigenvalue weighted by molar-refractivity contribution is -0.134. The Kier molecular flexibility index (Phi) is 7.00. The van der Waals surface area contributed by atoms with Crippen LogP contribution in [0.1, 0.15) is 19.4 Å². The monoisotopic (exact) mass is 448 g/mol. The minimum atomic E-state index is -4.00. The van der Waals surface area contributed by atoms with E-state index in [1.807, 2.05) is 44.2 Å². The van der Waals surface area contributed by atoms with Gasteiger partial charge in [0, 0.05) is 12.5 Å². The molecule has 0 radical (unpaired) electrons. The molecule has 2 unspecified atom stereocenters. The maximum Gasteiger partial charge on any atom is 0.262 e. The first-order valence-corrected chi connectivity index (χ1v) is 11.4. The molecule has 0 spiro atoms. The molecule has 0 bridgehead atoms. The summed E-state index contributed by atoms with van der Waals surface area (Å²) in [6.45, 7) is 4.40. The summed E-state index contributed by atoms with van der Waals surface area (Å²) in [6, 6.07) is 14.5. The van der Waals surface area contributed by atoms with Crippen molar-refractivity contribution in [2.75, 3.05) is 20.3 Å². The quantitative estimate of drug-likeness (QED) is 0.475. The number of rotatable bonds is 8. The molecule has 0 aromatic heterocycles. The number of ether oxygens (including phenoxy) is 2. The zero-order valence-electron chi connectivity index (χ0n) is 17.8. The van der Waals surface area contributed by atoms with Crippen molar-refractivity contribution in [3.8, 4) is 5.75 Å². The molecule has 0 aliphatic carbocycles. The molecule has 1 heterocycles. The molecule has 9 heteroatoms. The van der Waals surface area contributed by atoms with Crippen LogP contribution in [0.15, 0.2) is 59.5 Å². The smallest absolute Gasteiger partial charge is 0.262 e. The Balaban J connectivity index is 1.86. The molecule has 2 aromatic rings. The van der Waals surface area contributed by atoms with Crippen molar-refractivity contribution in [2.24, 2.45) is 11.3 Å². The van der Waals surface area contributed by atoms with Crippen LogP contribution in [-0.2, 0) is 26.2 Å². The van der Waals surface area contributed by atoms with E-state index in [4.69, 9.17) is 9.47 Å². The molecule has 3 rings (SSSR count). The average molecular weight is 449 g/mol. The number of hydrogen-bond acceptors (Lipinski definition) is 6. The number of nitrogens with one attached hydrogen (secondary N) is 1. The minimum absolute atomic E-state index is 0.0469. The molecule has 2 aromatic carbocycles. The van der Waals surface area contributed by atoms with Gasteiger partial charge in [-0.2, -0.15) is 4.31 Å². The summed E-state index contributed by atoms with van der Waals surface area (Å²) in [5.74, 6) is -0.718. The van der Waals surface area contributed by atoms with Gasteiger partial charge in [0.2, 0.25) is 10.0 Å². The highest BCUT2D eigenvalue weighted by Gasteiger charge is 2.54. The number of carbonyl (C=O) groups is 1. The summed E-state index contributed by atoms with van der Waals surface area (Å²) in [4.78, 5) is 12.6. The van der Waals surface area contributed by atoms with Gasteiger partial charge in [0.1, 0.15) is 11.8 Å². The molecule has 2 N–H and O–H groups in total. The lowest BCUT2D eigenvalue weighted by atomic mass is 9.79. The van der Waals surface area contributed by atoms with E-state index in [9.17, 15) is 18.4 Å². The molecule has 0 saturated carbocycles. The Hall–Kier alpha value is -2.46. The summed E-state index contributed by atoms with van der Waals surface area (Å²) >= 11 is 0. The SMILES string of the molecule is COc1ccc(S(=O)(=O)N2CC(C)(C)C(COCc3ccccc3)C2C(=O)NO)cc1. The predicted molar refractivity (Wildman–Crippen MR) is 114 cm³/mol. The van der Waals surface area contributed by atoms with Crippen LogP contribution in [-0.4, -0.2) is 50.1 Å². The van der Waals surface area contributed by atoms with E-state index >= 15 is 0 Å². The van der Waals surface area contributed by atoms with Gasteiger partial charge in [-0.1, -0.05) is 44.2 Å². The molecule has 168 valence electrons. The van der Waals surface area contributed by atoms with E-state index in [0.717, 1.165) is 9.87 Å². The van der Waals surface area contributed by atoms with Gasteiger partial charge in [-0.15, -0.1) is 0 Å². The molecular formula is C22H28N2O6S. The van der Waals surface area contributed by atoms with Crippen LogP contribution in [0.3, 0.4) is 0 Å². The average Bonchev–Trinajstić information content (AvgIpc) is 3.05. The van der Waals surface area contributed by atoms with E-state index in [1.165, 1.54) is 19.2 Å². The fourth-order valence-electron chi connectivity index (χ4n) is 3.94. The second kappa shape index (κ2) is 9.35. The third-order valence-corrected chi connectivity index (χ3v) is 7.55. The number of nitrogens with zero attached hydrogens (tertiary/aromatic N) is 1. The van der Waals surface area contributed by atoms with Crippen molar-refractivity contribution in [1.29, 1.82) is 0 Å². The highest BCUT2D eigenvalue weighted by molar-refractivity contribution is 7.89. The Morgan fingerprint density at radius 2 is 1.81 bits per heavy atom. The van der Waals surface area contributed by atoms with E-state index in [-0.39, 0.29) is 18.0 Å². The van der Waals surface area contributed by atoms with E-state index in [2.05, 4.69) is 0 Å². The maximum atomic E-state index is 13.4. The molecule has 1 aliphatic heterocycles. The minimum Gasteiger partial charge on any atom is -0.497 e. The number of amides is 1. The molecule has 31 heavy (non-hydrogen) atoms. The number of carbonyl (C=O) groups excluding carboxylic acids is 1. The molecule has 1 fully saturated rings. The first-order valence-electron chi connectivity index (χ1n) is 9.92. The third kappa shape index (κ3) is 4.90. The topological polar surface area (TPSA) is 105 Å². The number of hydroxylamine groups is 1. The maximum absolute atomic E-state index is 13.4. The normalized spacial score (nSPS) is 21.0. The summed E-state index contributed by atoms with van der Waals surface area (Å²) in [5.41, 5.74) is 2.05. The number of methoxy groups -OCH3 is 1. The molecular weight excluding hydrogens is 420 g/mol. The summed E-state index contributed by atoms with van der Waals surface area (Å²) in [6.07, 6.45) is 0. The van der Waals surface area contributed by atoms with Crippen LogP contribution >= 0.6 is 0 Å². The van der Waals surface area contributed by atoms with E-state index in [1.54, 1.807) is 17.6 Å².